The highest BCUT2D eigenvalue weighted by Crippen LogP contribution is 2.22. The van der Waals surface area contributed by atoms with Gasteiger partial charge in [-0.05, 0) is 23.8 Å². The zero-order chi connectivity index (χ0) is 17.2. The molecular weight excluding hydrogens is 316 g/mol. The topological polar surface area (TPSA) is 65.6 Å². The number of amides is 1. The number of aromatic amines is 1. The number of benzene rings is 2. The lowest BCUT2D eigenvalue weighted by Gasteiger charge is -2.17. The normalized spacial score (nSPS) is 20.1. The van der Waals surface area contributed by atoms with E-state index < -0.39 is 12.2 Å². The third-order valence-corrected chi connectivity index (χ3v) is 4.64. The van der Waals surface area contributed by atoms with Crippen LogP contribution >= 0.6 is 0 Å². The molecule has 4 rings (SSSR count). The summed E-state index contributed by atoms with van der Waals surface area (Å²) in [4.78, 5) is 17.5. The minimum atomic E-state index is -0.674. The molecule has 2 aromatic carbocycles. The zero-order valence-electron chi connectivity index (χ0n) is 13.8. The molecule has 0 bridgehead atoms. The minimum absolute atomic E-state index is 0.00275. The number of nitrogens with one attached hydrogen (secondary N) is 1. The van der Waals surface area contributed by atoms with E-state index in [0.717, 1.165) is 16.5 Å². The zero-order valence-corrected chi connectivity index (χ0v) is 13.8. The van der Waals surface area contributed by atoms with Gasteiger partial charge in [0.2, 0.25) is 5.91 Å². The molecule has 1 fully saturated rings. The molecule has 1 aliphatic rings. The first kappa shape index (κ1) is 15.7. The Morgan fingerprint density at radius 3 is 2.72 bits per heavy atom. The molecule has 1 aliphatic heterocycles. The van der Waals surface area contributed by atoms with Crippen LogP contribution in [0.4, 0.5) is 0 Å². The van der Waals surface area contributed by atoms with Crippen molar-refractivity contribution in [2.45, 2.75) is 18.6 Å². The number of carbonyl (C=O) groups excluding carboxylic acids is 1. The van der Waals surface area contributed by atoms with E-state index >= 15 is 0 Å². The highest BCUT2D eigenvalue weighted by molar-refractivity contribution is 5.89. The predicted molar refractivity (Wildman–Crippen MR) is 95.4 cm³/mol. The predicted octanol–water partition coefficient (Wildman–Crippen LogP) is 2.36. The highest BCUT2D eigenvalue weighted by Gasteiger charge is 2.35. The quantitative estimate of drug-likeness (QED) is 0.769. The second kappa shape index (κ2) is 6.61. The summed E-state index contributed by atoms with van der Waals surface area (Å²) in [5, 5.41) is 11.3. The van der Waals surface area contributed by atoms with Crippen molar-refractivity contribution in [2.75, 3.05) is 13.1 Å². The number of aliphatic hydroxyl groups is 1. The van der Waals surface area contributed by atoms with Crippen LogP contribution in [-0.4, -0.2) is 46.2 Å². The maximum absolute atomic E-state index is 12.6. The molecule has 0 aliphatic carbocycles. The van der Waals surface area contributed by atoms with Crippen LogP contribution in [0.2, 0.25) is 0 Å². The third-order valence-electron chi connectivity index (χ3n) is 4.64. The number of likely N-dealkylation sites (tertiary alicyclic amines) is 1. The molecule has 2 heterocycles. The molecule has 0 radical (unpaired) electrons. The Bertz CT molecular complexity index is 875. The molecule has 0 unspecified atom stereocenters. The van der Waals surface area contributed by atoms with Gasteiger partial charge in [0.1, 0.15) is 18.0 Å². The van der Waals surface area contributed by atoms with E-state index in [1.807, 2.05) is 60.8 Å². The van der Waals surface area contributed by atoms with E-state index in [0.29, 0.717) is 25.3 Å². The lowest BCUT2D eigenvalue weighted by Crippen LogP contribution is -2.32. The number of hydrogen-bond donors (Lipinski definition) is 2. The lowest BCUT2D eigenvalue weighted by atomic mass is 10.1. The van der Waals surface area contributed by atoms with Crippen molar-refractivity contribution in [3.8, 4) is 5.75 Å². The summed E-state index contributed by atoms with van der Waals surface area (Å²) in [5.74, 6) is 0.709. The van der Waals surface area contributed by atoms with Crippen LogP contribution in [-0.2, 0) is 11.2 Å². The molecule has 2 atom stereocenters. The van der Waals surface area contributed by atoms with Crippen molar-refractivity contribution in [3.63, 3.8) is 0 Å². The molecule has 5 nitrogen and oxygen atoms in total. The number of H-pyrrole nitrogens is 1. The summed E-state index contributed by atoms with van der Waals surface area (Å²) in [5.41, 5.74) is 2.00. The van der Waals surface area contributed by atoms with Crippen molar-refractivity contribution in [1.82, 2.24) is 9.88 Å². The van der Waals surface area contributed by atoms with E-state index in [1.165, 1.54) is 0 Å². The van der Waals surface area contributed by atoms with E-state index in [2.05, 4.69) is 4.98 Å². The molecule has 3 aromatic rings. The average molecular weight is 336 g/mol. The van der Waals surface area contributed by atoms with Crippen LogP contribution in [0.15, 0.2) is 60.8 Å². The Hall–Kier alpha value is -2.79. The maximum atomic E-state index is 12.6. The Morgan fingerprint density at radius 1 is 1.12 bits per heavy atom. The van der Waals surface area contributed by atoms with Gasteiger partial charge >= 0.3 is 0 Å². The fraction of sp³-hybridized carbons (Fsp3) is 0.250. The van der Waals surface area contributed by atoms with Gasteiger partial charge in [0.25, 0.3) is 0 Å². The standard InChI is InChI=1S/C20H20N2O3/c23-18-12-22(13-19(18)25-15-6-2-1-3-7-15)20(24)10-14-11-21-17-9-5-4-8-16(14)17/h1-9,11,18-19,21,23H,10,12-13H2/t18-,19-/m1/s1. The number of fused-ring (bicyclic) bond motifs is 1. The van der Waals surface area contributed by atoms with Gasteiger partial charge in [0.15, 0.2) is 0 Å². The smallest absolute Gasteiger partial charge is 0.227 e. The Kier molecular flexibility index (Phi) is 4.15. The number of ether oxygens (including phenoxy) is 1. The molecule has 1 aromatic heterocycles. The van der Waals surface area contributed by atoms with Gasteiger partial charge in [-0.15, -0.1) is 0 Å². The van der Waals surface area contributed by atoms with Crippen molar-refractivity contribution < 1.29 is 14.6 Å². The summed E-state index contributed by atoms with van der Waals surface area (Å²) in [6.07, 6.45) is 1.13. The molecule has 0 spiro atoms. The average Bonchev–Trinajstić information content (AvgIpc) is 3.20. The largest absolute Gasteiger partial charge is 0.486 e. The molecular formula is C20H20N2O3. The molecule has 0 saturated carbocycles. The summed E-state index contributed by atoms with van der Waals surface area (Å²) < 4.78 is 5.82. The van der Waals surface area contributed by atoms with Gasteiger partial charge in [-0.2, -0.15) is 0 Å². The van der Waals surface area contributed by atoms with Crippen LogP contribution in [0.5, 0.6) is 5.75 Å². The number of para-hydroxylation sites is 2. The van der Waals surface area contributed by atoms with Gasteiger partial charge in [-0.1, -0.05) is 36.4 Å². The van der Waals surface area contributed by atoms with Crippen molar-refractivity contribution in [3.05, 3.63) is 66.4 Å². The van der Waals surface area contributed by atoms with Gasteiger partial charge < -0.3 is 19.7 Å². The Morgan fingerprint density at radius 2 is 1.88 bits per heavy atom. The fourth-order valence-electron chi connectivity index (χ4n) is 3.30. The van der Waals surface area contributed by atoms with Gasteiger partial charge in [0, 0.05) is 17.1 Å². The van der Waals surface area contributed by atoms with Crippen LogP contribution in [0.25, 0.3) is 10.9 Å². The minimum Gasteiger partial charge on any atom is -0.486 e. The number of aliphatic hydroxyl groups excluding tert-OH is 1. The first-order valence-corrected chi connectivity index (χ1v) is 8.43. The van der Waals surface area contributed by atoms with Crippen molar-refractivity contribution >= 4 is 16.8 Å². The monoisotopic (exact) mass is 336 g/mol. The summed E-state index contributed by atoms with van der Waals surface area (Å²) in [7, 11) is 0. The molecule has 2 N–H and O–H groups in total. The second-order valence-corrected chi connectivity index (χ2v) is 6.37. The van der Waals surface area contributed by atoms with Crippen LogP contribution in [0, 0.1) is 0 Å². The van der Waals surface area contributed by atoms with Crippen molar-refractivity contribution in [1.29, 1.82) is 0 Å². The first-order valence-electron chi connectivity index (χ1n) is 8.43. The third kappa shape index (κ3) is 3.23. The summed E-state index contributed by atoms with van der Waals surface area (Å²) in [6, 6.07) is 17.3. The number of carbonyl (C=O) groups is 1. The number of rotatable bonds is 4. The molecule has 1 saturated heterocycles. The van der Waals surface area contributed by atoms with E-state index in [1.54, 1.807) is 4.90 Å². The highest BCUT2D eigenvalue weighted by atomic mass is 16.5. The second-order valence-electron chi connectivity index (χ2n) is 6.37. The van der Waals surface area contributed by atoms with E-state index in [-0.39, 0.29) is 5.91 Å². The van der Waals surface area contributed by atoms with Gasteiger partial charge in [-0.25, -0.2) is 0 Å². The molecule has 128 valence electrons. The van der Waals surface area contributed by atoms with E-state index in [4.69, 9.17) is 4.74 Å². The Labute approximate surface area is 145 Å². The number of nitrogens with zero attached hydrogens (tertiary/aromatic N) is 1. The van der Waals surface area contributed by atoms with Crippen LogP contribution in [0.1, 0.15) is 5.56 Å². The first-order chi connectivity index (χ1) is 12.2. The Balaban J connectivity index is 1.43. The van der Waals surface area contributed by atoms with Gasteiger partial charge in [0.05, 0.1) is 19.5 Å². The molecule has 5 heteroatoms. The number of hydrogen-bond acceptors (Lipinski definition) is 3. The SMILES string of the molecule is O=C(Cc1c[nH]c2ccccc12)N1C[C@@H](O)[C@H](Oc2ccccc2)C1. The summed E-state index contributed by atoms with van der Waals surface area (Å²) >= 11 is 0. The number of aromatic nitrogens is 1. The van der Waals surface area contributed by atoms with Crippen molar-refractivity contribution in [2.24, 2.45) is 0 Å². The van der Waals surface area contributed by atoms with Crippen LogP contribution < -0.4 is 4.74 Å². The fourth-order valence-corrected chi connectivity index (χ4v) is 3.30. The summed E-state index contributed by atoms with van der Waals surface area (Å²) in [6.45, 7) is 0.704. The number of β-amino-alcohol motifs (C(OH)–C–C–N with tert-alkyl or cyclic N) is 1. The van der Waals surface area contributed by atoms with Gasteiger partial charge in [-0.3, -0.25) is 4.79 Å². The molecule has 1 amide bonds. The van der Waals surface area contributed by atoms with E-state index in [9.17, 15) is 9.90 Å². The van der Waals surface area contributed by atoms with Crippen LogP contribution in [0.3, 0.4) is 0 Å². The molecule has 25 heavy (non-hydrogen) atoms. The lowest BCUT2D eigenvalue weighted by molar-refractivity contribution is -0.129. The maximum Gasteiger partial charge on any atom is 0.227 e.